The Labute approximate surface area is 120 Å². The Bertz CT molecular complexity index is 492. The molecule has 0 saturated heterocycles. The molecule has 0 bridgehead atoms. The molecule has 104 valence electrons. The van der Waals surface area contributed by atoms with Crippen LogP contribution < -0.4 is 10.6 Å². The Morgan fingerprint density at radius 1 is 1.42 bits per heavy atom. The quantitative estimate of drug-likeness (QED) is 0.612. The smallest absolute Gasteiger partial charge is 0.326 e. The SMILES string of the molecule is O=C(O)CC[C@H](NC(=O)Nc1ncc(Br)s1)C(=O)O. The molecular formula is C9H10BrN3O5S. The number of amides is 2. The molecule has 0 saturated carbocycles. The lowest BCUT2D eigenvalue weighted by Crippen LogP contribution is -2.43. The Balaban J connectivity index is 2.51. The van der Waals surface area contributed by atoms with Gasteiger partial charge in [-0.3, -0.25) is 10.1 Å². The second-order valence-electron chi connectivity index (χ2n) is 3.39. The number of anilines is 1. The first-order valence-corrected chi connectivity index (χ1v) is 6.63. The molecule has 0 radical (unpaired) electrons. The Morgan fingerprint density at radius 3 is 2.58 bits per heavy atom. The number of halogens is 1. The summed E-state index contributed by atoms with van der Waals surface area (Å²) in [6.45, 7) is 0. The minimum absolute atomic E-state index is 0.195. The monoisotopic (exact) mass is 351 g/mol. The van der Waals surface area contributed by atoms with Gasteiger partial charge in [-0.25, -0.2) is 14.6 Å². The van der Waals surface area contributed by atoms with Crippen molar-refractivity contribution in [3.63, 3.8) is 0 Å². The van der Waals surface area contributed by atoms with Crippen LogP contribution in [0.2, 0.25) is 0 Å². The van der Waals surface area contributed by atoms with Crippen molar-refractivity contribution in [1.82, 2.24) is 10.3 Å². The number of thiazole rings is 1. The minimum Gasteiger partial charge on any atom is -0.481 e. The standard InChI is InChI=1S/C9H10BrN3O5S/c10-5-3-11-9(19-5)13-8(18)12-4(7(16)17)1-2-6(14)15/h3-4H,1-2H2,(H,14,15)(H,16,17)(H2,11,12,13,18)/t4-/m0/s1. The number of carboxylic acids is 2. The highest BCUT2D eigenvalue weighted by molar-refractivity contribution is 9.11. The zero-order valence-corrected chi connectivity index (χ0v) is 11.8. The van der Waals surface area contributed by atoms with Crippen molar-refractivity contribution in [2.45, 2.75) is 18.9 Å². The van der Waals surface area contributed by atoms with E-state index in [0.29, 0.717) is 8.92 Å². The van der Waals surface area contributed by atoms with E-state index in [2.05, 4.69) is 31.5 Å². The molecule has 0 unspecified atom stereocenters. The lowest BCUT2D eigenvalue weighted by molar-refractivity contribution is -0.140. The van der Waals surface area contributed by atoms with Crippen molar-refractivity contribution in [2.75, 3.05) is 5.32 Å². The molecular weight excluding hydrogens is 342 g/mol. The highest BCUT2D eigenvalue weighted by Crippen LogP contribution is 2.22. The molecule has 10 heteroatoms. The number of rotatable bonds is 6. The average molecular weight is 352 g/mol. The lowest BCUT2D eigenvalue weighted by Gasteiger charge is -2.13. The van der Waals surface area contributed by atoms with Crippen LogP contribution in [0.1, 0.15) is 12.8 Å². The second kappa shape index (κ2) is 7.04. The zero-order chi connectivity index (χ0) is 14.4. The van der Waals surface area contributed by atoms with Gasteiger partial charge in [0.1, 0.15) is 6.04 Å². The molecule has 0 aromatic carbocycles. The maximum absolute atomic E-state index is 11.5. The van der Waals surface area contributed by atoms with Gasteiger partial charge in [-0.05, 0) is 22.4 Å². The molecule has 1 atom stereocenters. The molecule has 1 rings (SSSR count). The van der Waals surface area contributed by atoms with Crippen LogP contribution in [0.25, 0.3) is 0 Å². The highest BCUT2D eigenvalue weighted by atomic mass is 79.9. The van der Waals surface area contributed by atoms with Crippen molar-refractivity contribution >= 4 is 50.4 Å². The summed E-state index contributed by atoms with van der Waals surface area (Å²) in [5, 5.41) is 22.1. The summed E-state index contributed by atoms with van der Waals surface area (Å²) < 4.78 is 0.712. The number of carboxylic acid groups (broad SMARTS) is 2. The van der Waals surface area contributed by atoms with E-state index in [4.69, 9.17) is 10.2 Å². The molecule has 1 heterocycles. The molecule has 1 aromatic rings. The van der Waals surface area contributed by atoms with E-state index in [1.165, 1.54) is 6.20 Å². The topological polar surface area (TPSA) is 129 Å². The highest BCUT2D eigenvalue weighted by Gasteiger charge is 2.21. The molecule has 0 aliphatic heterocycles. The number of carbonyl (C=O) groups is 3. The summed E-state index contributed by atoms with van der Waals surface area (Å²) in [5.41, 5.74) is 0. The van der Waals surface area contributed by atoms with Gasteiger partial charge in [-0.2, -0.15) is 0 Å². The lowest BCUT2D eigenvalue weighted by atomic mass is 10.1. The molecule has 4 N–H and O–H groups in total. The summed E-state index contributed by atoms with van der Waals surface area (Å²) >= 11 is 4.32. The molecule has 0 aliphatic carbocycles. The first-order valence-electron chi connectivity index (χ1n) is 5.02. The third-order valence-corrected chi connectivity index (χ3v) is 3.34. The van der Waals surface area contributed by atoms with E-state index >= 15 is 0 Å². The van der Waals surface area contributed by atoms with E-state index in [0.717, 1.165) is 11.3 Å². The fraction of sp³-hybridized carbons (Fsp3) is 0.333. The van der Waals surface area contributed by atoms with E-state index < -0.39 is 24.0 Å². The van der Waals surface area contributed by atoms with Gasteiger partial charge >= 0.3 is 18.0 Å². The van der Waals surface area contributed by atoms with Crippen LogP contribution >= 0.6 is 27.3 Å². The van der Waals surface area contributed by atoms with Gasteiger partial charge < -0.3 is 15.5 Å². The maximum Gasteiger partial charge on any atom is 0.326 e. The van der Waals surface area contributed by atoms with Gasteiger partial charge in [-0.15, -0.1) is 0 Å². The Hall–Kier alpha value is -1.68. The van der Waals surface area contributed by atoms with Crippen LogP contribution in [0.4, 0.5) is 9.93 Å². The summed E-state index contributed by atoms with van der Waals surface area (Å²) in [4.78, 5) is 36.6. The van der Waals surface area contributed by atoms with Crippen molar-refractivity contribution < 1.29 is 24.6 Å². The van der Waals surface area contributed by atoms with Crippen LogP contribution in [-0.4, -0.2) is 39.2 Å². The minimum atomic E-state index is -1.29. The summed E-state index contributed by atoms with van der Waals surface area (Å²) in [7, 11) is 0. The fourth-order valence-corrected chi connectivity index (χ4v) is 2.23. The fourth-order valence-electron chi connectivity index (χ4n) is 1.13. The normalized spacial score (nSPS) is 11.6. The van der Waals surface area contributed by atoms with Crippen molar-refractivity contribution in [3.05, 3.63) is 9.98 Å². The molecule has 1 aromatic heterocycles. The summed E-state index contributed by atoms with van der Waals surface area (Å²) in [6, 6.07) is -2.01. The number of nitrogens with one attached hydrogen (secondary N) is 2. The van der Waals surface area contributed by atoms with Gasteiger partial charge in [0, 0.05) is 6.42 Å². The first kappa shape index (κ1) is 15.4. The largest absolute Gasteiger partial charge is 0.481 e. The summed E-state index contributed by atoms with van der Waals surface area (Å²) in [6.07, 6.45) is 0.944. The Morgan fingerprint density at radius 2 is 2.11 bits per heavy atom. The van der Waals surface area contributed by atoms with Crippen LogP contribution in [0.5, 0.6) is 0 Å². The maximum atomic E-state index is 11.5. The number of urea groups is 1. The third-order valence-electron chi connectivity index (χ3n) is 1.95. The first-order chi connectivity index (χ1) is 8.88. The van der Waals surface area contributed by atoms with Crippen LogP contribution in [0.3, 0.4) is 0 Å². The number of nitrogens with zero attached hydrogens (tertiary/aromatic N) is 1. The van der Waals surface area contributed by atoms with Gasteiger partial charge in [0.05, 0.1) is 9.98 Å². The van der Waals surface area contributed by atoms with E-state index in [1.807, 2.05) is 0 Å². The van der Waals surface area contributed by atoms with Gasteiger partial charge in [0.25, 0.3) is 0 Å². The number of aliphatic carboxylic acids is 2. The number of hydrogen-bond donors (Lipinski definition) is 4. The zero-order valence-electron chi connectivity index (χ0n) is 9.42. The predicted molar refractivity (Wildman–Crippen MR) is 70.3 cm³/mol. The van der Waals surface area contributed by atoms with Gasteiger partial charge in [0.2, 0.25) is 0 Å². The summed E-state index contributed by atoms with van der Waals surface area (Å²) in [5.74, 6) is -2.42. The average Bonchev–Trinajstić information content (AvgIpc) is 2.69. The second-order valence-corrected chi connectivity index (χ2v) is 5.80. The van der Waals surface area contributed by atoms with Crippen molar-refractivity contribution in [3.8, 4) is 0 Å². The van der Waals surface area contributed by atoms with Crippen molar-refractivity contribution in [2.24, 2.45) is 0 Å². The van der Waals surface area contributed by atoms with Crippen LogP contribution in [0.15, 0.2) is 9.98 Å². The molecule has 8 nitrogen and oxygen atoms in total. The van der Waals surface area contributed by atoms with E-state index in [9.17, 15) is 14.4 Å². The molecule has 2 amide bonds. The van der Waals surface area contributed by atoms with E-state index in [1.54, 1.807) is 0 Å². The Kier molecular flexibility index (Phi) is 5.70. The van der Waals surface area contributed by atoms with Gasteiger partial charge in [-0.1, -0.05) is 11.3 Å². The molecule has 0 fully saturated rings. The number of aromatic nitrogens is 1. The number of hydrogen-bond acceptors (Lipinski definition) is 5. The third kappa shape index (κ3) is 5.66. The van der Waals surface area contributed by atoms with Crippen molar-refractivity contribution in [1.29, 1.82) is 0 Å². The van der Waals surface area contributed by atoms with Crippen LogP contribution in [0, 0.1) is 0 Å². The molecule has 0 spiro atoms. The van der Waals surface area contributed by atoms with E-state index in [-0.39, 0.29) is 12.8 Å². The number of carbonyl (C=O) groups excluding carboxylic acids is 1. The molecule has 19 heavy (non-hydrogen) atoms. The molecule has 0 aliphatic rings. The van der Waals surface area contributed by atoms with Crippen LogP contribution in [-0.2, 0) is 9.59 Å². The van der Waals surface area contributed by atoms with Gasteiger partial charge in [0.15, 0.2) is 5.13 Å². The predicted octanol–water partition coefficient (Wildman–Crippen LogP) is 1.35.